The van der Waals surface area contributed by atoms with Crippen molar-refractivity contribution in [1.82, 2.24) is 4.98 Å². The van der Waals surface area contributed by atoms with Crippen molar-refractivity contribution >= 4 is 34.2 Å². The highest BCUT2D eigenvalue weighted by molar-refractivity contribution is 6.13. The molecule has 3 amide bonds. The van der Waals surface area contributed by atoms with Crippen LogP contribution in [0, 0.1) is 11.6 Å². The van der Waals surface area contributed by atoms with Gasteiger partial charge in [-0.15, -0.1) is 0 Å². The summed E-state index contributed by atoms with van der Waals surface area (Å²) in [4.78, 5) is 28.6. The second kappa shape index (κ2) is 8.19. The zero-order valence-electron chi connectivity index (χ0n) is 16.0. The molecule has 0 aliphatic carbocycles. The summed E-state index contributed by atoms with van der Waals surface area (Å²) in [5, 5.41) is 5.27. The normalized spacial score (nSPS) is 10.6. The zero-order valence-corrected chi connectivity index (χ0v) is 16.0. The van der Waals surface area contributed by atoms with Crippen LogP contribution in [0.15, 0.2) is 72.8 Å². The van der Waals surface area contributed by atoms with Crippen LogP contribution in [0.4, 0.5) is 25.0 Å². The Labute approximate surface area is 175 Å². The number of carbonyl (C=O) groups excluding carboxylic acids is 2. The molecule has 0 fully saturated rings. The first-order valence-electron chi connectivity index (χ1n) is 9.24. The number of urea groups is 1. The number of benzene rings is 3. The molecule has 0 unspecified atom stereocenters. The van der Waals surface area contributed by atoms with Crippen LogP contribution in [-0.2, 0) is 0 Å². The van der Waals surface area contributed by atoms with Gasteiger partial charge in [-0.05, 0) is 36.4 Å². The van der Waals surface area contributed by atoms with E-state index in [-0.39, 0.29) is 16.9 Å². The average Bonchev–Trinajstić information content (AvgIpc) is 2.75. The van der Waals surface area contributed by atoms with Gasteiger partial charge in [-0.1, -0.05) is 30.3 Å². The minimum Gasteiger partial charge on any atom is -0.351 e. The van der Waals surface area contributed by atoms with Crippen molar-refractivity contribution in [2.45, 2.75) is 0 Å². The Morgan fingerprint density at radius 1 is 0.871 bits per heavy atom. The van der Waals surface area contributed by atoms with Crippen LogP contribution in [0.1, 0.15) is 10.4 Å². The Kier molecular flexibility index (Phi) is 5.28. The van der Waals surface area contributed by atoms with Crippen LogP contribution in [0.3, 0.4) is 0 Å². The number of rotatable bonds is 4. The SMILES string of the molecule is NC(=O)Nc1cc(NC(=O)c2cc(-c3ccccc3)nc3cc(F)ccc23)ccc1F. The predicted octanol–water partition coefficient (Wildman–Crippen LogP) is 4.92. The molecule has 154 valence electrons. The fraction of sp³-hybridized carbons (Fsp3) is 0. The highest BCUT2D eigenvalue weighted by Gasteiger charge is 2.16. The lowest BCUT2D eigenvalue weighted by atomic mass is 10.0. The summed E-state index contributed by atoms with van der Waals surface area (Å²) >= 11 is 0. The number of nitrogens with one attached hydrogen (secondary N) is 2. The lowest BCUT2D eigenvalue weighted by Gasteiger charge is -2.12. The molecule has 0 atom stereocenters. The molecular weight excluding hydrogens is 402 g/mol. The number of fused-ring (bicyclic) bond motifs is 1. The van der Waals surface area contributed by atoms with Crippen molar-refractivity contribution in [3.05, 3.63) is 90.0 Å². The summed E-state index contributed by atoms with van der Waals surface area (Å²) in [6.07, 6.45) is 0. The highest BCUT2D eigenvalue weighted by atomic mass is 19.1. The maximum atomic E-state index is 13.9. The molecule has 0 bridgehead atoms. The topological polar surface area (TPSA) is 97.1 Å². The summed E-state index contributed by atoms with van der Waals surface area (Å²) < 4.78 is 27.7. The second-order valence-corrected chi connectivity index (χ2v) is 6.72. The molecule has 4 N–H and O–H groups in total. The molecule has 6 nitrogen and oxygen atoms in total. The Hall–Kier alpha value is -4.33. The number of primary amides is 1. The van der Waals surface area contributed by atoms with Crippen molar-refractivity contribution in [2.75, 3.05) is 10.6 Å². The number of hydrogen-bond donors (Lipinski definition) is 3. The first-order valence-corrected chi connectivity index (χ1v) is 9.24. The third kappa shape index (κ3) is 4.32. The van der Waals surface area contributed by atoms with Gasteiger partial charge in [0.2, 0.25) is 0 Å². The Morgan fingerprint density at radius 3 is 2.39 bits per heavy atom. The van der Waals surface area contributed by atoms with E-state index in [0.717, 1.165) is 11.6 Å². The van der Waals surface area contributed by atoms with Crippen LogP contribution in [0.5, 0.6) is 0 Å². The van der Waals surface area contributed by atoms with Crippen LogP contribution in [-0.4, -0.2) is 16.9 Å². The van der Waals surface area contributed by atoms with Gasteiger partial charge in [0.1, 0.15) is 11.6 Å². The van der Waals surface area contributed by atoms with Gasteiger partial charge in [-0.2, -0.15) is 0 Å². The Balaban J connectivity index is 1.76. The summed E-state index contributed by atoms with van der Waals surface area (Å²) in [6, 6.07) is 17.5. The lowest BCUT2D eigenvalue weighted by Crippen LogP contribution is -2.20. The van der Waals surface area contributed by atoms with Crippen molar-refractivity contribution in [2.24, 2.45) is 5.73 Å². The predicted molar refractivity (Wildman–Crippen MR) is 115 cm³/mol. The number of halogens is 2. The van der Waals surface area contributed by atoms with Crippen molar-refractivity contribution < 1.29 is 18.4 Å². The largest absolute Gasteiger partial charge is 0.351 e. The number of nitrogens with two attached hydrogens (primary N) is 1. The quantitative estimate of drug-likeness (QED) is 0.439. The van der Waals surface area contributed by atoms with Crippen molar-refractivity contribution in [1.29, 1.82) is 0 Å². The van der Waals surface area contributed by atoms with Gasteiger partial charge in [0.25, 0.3) is 5.91 Å². The smallest absolute Gasteiger partial charge is 0.316 e. The lowest BCUT2D eigenvalue weighted by molar-refractivity contribution is 0.102. The van der Waals surface area contributed by atoms with E-state index >= 15 is 0 Å². The summed E-state index contributed by atoms with van der Waals surface area (Å²) in [7, 11) is 0. The van der Waals surface area contributed by atoms with Gasteiger partial charge >= 0.3 is 6.03 Å². The molecule has 0 aliphatic rings. The first-order chi connectivity index (χ1) is 14.9. The van der Waals surface area contributed by atoms with Crippen molar-refractivity contribution in [3.8, 4) is 11.3 Å². The molecule has 0 aliphatic heterocycles. The molecule has 1 aromatic heterocycles. The molecule has 1 heterocycles. The number of nitrogens with zero attached hydrogens (tertiary/aromatic N) is 1. The number of amides is 3. The molecule has 0 saturated carbocycles. The number of pyridine rings is 1. The van der Waals surface area contributed by atoms with E-state index in [1.165, 1.54) is 30.3 Å². The van der Waals surface area contributed by atoms with E-state index in [9.17, 15) is 18.4 Å². The van der Waals surface area contributed by atoms with Crippen LogP contribution < -0.4 is 16.4 Å². The van der Waals surface area contributed by atoms with E-state index in [0.29, 0.717) is 16.6 Å². The summed E-state index contributed by atoms with van der Waals surface area (Å²) in [5.41, 5.74) is 6.95. The number of carbonyl (C=O) groups is 2. The van der Waals surface area contributed by atoms with Gasteiger partial charge in [-0.3, -0.25) is 4.79 Å². The fourth-order valence-electron chi connectivity index (χ4n) is 3.18. The molecule has 0 spiro atoms. The highest BCUT2D eigenvalue weighted by Crippen LogP contribution is 2.27. The van der Waals surface area contributed by atoms with Gasteiger partial charge in [-0.25, -0.2) is 18.6 Å². The molecule has 31 heavy (non-hydrogen) atoms. The van der Waals surface area contributed by atoms with Crippen LogP contribution >= 0.6 is 0 Å². The maximum absolute atomic E-state index is 13.9. The Morgan fingerprint density at radius 2 is 1.65 bits per heavy atom. The monoisotopic (exact) mass is 418 g/mol. The number of aromatic nitrogens is 1. The van der Waals surface area contributed by atoms with Crippen LogP contribution in [0.25, 0.3) is 22.2 Å². The van der Waals surface area contributed by atoms with E-state index in [2.05, 4.69) is 15.6 Å². The molecule has 3 aromatic carbocycles. The Bertz CT molecular complexity index is 1310. The summed E-state index contributed by atoms with van der Waals surface area (Å²) in [6.45, 7) is 0. The van der Waals surface area contributed by atoms with Gasteiger partial charge < -0.3 is 16.4 Å². The van der Waals surface area contributed by atoms with Crippen molar-refractivity contribution in [3.63, 3.8) is 0 Å². The second-order valence-electron chi connectivity index (χ2n) is 6.72. The standard InChI is InChI=1S/C23H16F2N4O2/c24-14-6-8-16-17(12-19(28-20(16)10-14)13-4-2-1-3-5-13)22(30)27-15-7-9-18(25)21(11-15)29-23(26)31/h1-12H,(H,27,30)(H3,26,29,31). The molecule has 8 heteroatoms. The summed E-state index contributed by atoms with van der Waals surface area (Å²) in [5.74, 6) is -1.68. The van der Waals surface area contributed by atoms with E-state index in [4.69, 9.17) is 5.73 Å². The first kappa shape index (κ1) is 20.0. The molecule has 4 aromatic rings. The molecule has 0 saturated heterocycles. The van der Waals surface area contributed by atoms with E-state index in [1.807, 2.05) is 30.3 Å². The van der Waals surface area contributed by atoms with Gasteiger partial charge in [0.15, 0.2) is 0 Å². The minimum atomic E-state index is -0.933. The molecule has 4 rings (SSSR count). The van der Waals surface area contributed by atoms with E-state index < -0.39 is 23.6 Å². The number of anilines is 2. The van der Waals surface area contributed by atoms with Gasteiger partial charge in [0, 0.05) is 22.7 Å². The van der Waals surface area contributed by atoms with Crippen LogP contribution in [0.2, 0.25) is 0 Å². The maximum Gasteiger partial charge on any atom is 0.316 e. The van der Waals surface area contributed by atoms with E-state index in [1.54, 1.807) is 6.07 Å². The zero-order chi connectivity index (χ0) is 22.0. The minimum absolute atomic E-state index is 0.170. The third-order valence-electron chi connectivity index (χ3n) is 4.57. The number of hydrogen-bond acceptors (Lipinski definition) is 3. The fourth-order valence-corrected chi connectivity index (χ4v) is 3.18. The average molecular weight is 418 g/mol. The third-order valence-corrected chi connectivity index (χ3v) is 4.57. The molecular formula is C23H16F2N4O2. The molecule has 0 radical (unpaired) electrons. The van der Waals surface area contributed by atoms with Gasteiger partial charge in [0.05, 0.1) is 22.5 Å².